The molecule has 1 aliphatic rings. The Morgan fingerprint density at radius 1 is 1.33 bits per heavy atom. The SMILES string of the molecule is CCC(C)Cc1nn(C)c(N)c1-c1ccc2c(c1)OCO2. The lowest BCUT2D eigenvalue weighted by Gasteiger charge is -2.09. The van der Waals surface area contributed by atoms with Gasteiger partial charge in [0.2, 0.25) is 6.79 Å². The van der Waals surface area contributed by atoms with Crippen molar-refractivity contribution in [3.63, 3.8) is 0 Å². The predicted octanol–water partition coefficient (Wildman–Crippen LogP) is 2.99. The lowest BCUT2D eigenvalue weighted by Crippen LogP contribution is -2.00. The second kappa shape index (κ2) is 5.31. The largest absolute Gasteiger partial charge is 0.454 e. The first-order valence-electron chi connectivity index (χ1n) is 7.31. The first kappa shape index (κ1) is 13.8. The molecule has 112 valence electrons. The van der Waals surface area contributed by atoms with E-state index >= 15 is 0 Å². The van der Waals surface area contributed by atoms with Crippen molar-refractivity contribution in [3.8, 4) is 22.6 Å². The smallest absolute Gasteiger partial charge is 0.231 e. The number of nitrogen functional groups attached to an aromatic ring is 1. The number of aryl methyl sites for hydroxylation is 1. The first-order valence-corrected chi connectivity index (χ1v) is 7.31. The zero-order valence-electron chi connectivity index (χ0n) is 12.7. The molecule has 2 N–H and O–H groups in total. The third-order valence-electron chi connectivity index (χ3n) is 4.06. The Hall–Kier alpha value is -2.17. The Kier molecular flexibility index (Phi) is 3.49. The lowest BCUT2D eigenvalue weighted by molar-refractivity contribution is 0.174. The summed E-state index contributed by atoms with van der Waals surface area (Å²) < 4.78 is 12.6. The van der Waals surface area contributed by atoms with Crippen LogP contribution in [0.4, 0.5) is 5.82 Å². The molecule has 0 radical (unpaired) electrons. The van der Waals surface area contributed by atoms with Crippen molar-refractivity contribution in [2.75, 3.05) is 12.5 Å². The minimum Gasteiger partial charge on any atom is -0.454 e. The molecule has 0 aliphatic carbocycles. The van der Waals surface area contributed by atoms with Crippen LogP contribution in [0.5, 0.6) is 11.5 Å². The number of hydrogen-bond acceptors (Lipinski definition) is 4. The van der Waals surface area contributed by atoms with E-state index in [1.807, 2.05) is 25.2 Å². The van der Waals surface area contributed by atoms with Gasteiger partial charge in [-0.25, -0.2) is 0 Å². The molecule has 5 nitrogen and oxygen atoms in total. The van der Waals surface area contributed by atoms with Gasteiger partial charge in [-0.3, -0.25) is 4.68 Å². The first-order chi connectivity index (χ1) is 10.1. The van der Waals surface area contributed by atoms with Crippen LogP contribution in [0, 0.1) is 5.92 Å². The Morgan fingerprint density at radius 2 is 2.10 bits per heavy atom. The summed E-state index contributed by atoms with van der Waals surface area (Å²) in [5.41, 5.74) is 9.31. The maximum atomic E-state index is 6.23. The van der Waals surface area contributed by atoms with Crippen LogP contribution in [0.2, 0.25) is 0 Å². The fourth-order valence-corrected chi connectivity index (χ4v) is 2.58. The Labute approximate surface area is 124 Å². The summed E-state index contributed by atoms with van der Waals surface area (Å²) in [5.74, 6) is 2.81. The van der Waals surface area contributed by atoms with Gasteiger partial charge in [0.1, 0.15) is 5.82 Å². The number of hydrogen-bond donors (Lipinski definition) is 1. The van der Waals surface area contributed by atoms with Gasteiger partial charge in [-0.1, -0.05) is 26.3 Å². The fourth-order valence-electron chi connectivity index (χ4n) is 2.58. The van der Waals surface area contributed by atoms with Crippen molar-refractivity contribution in [2.24, 2.45) is 13.0 Å². The number of benzene rings is 1. The van der Waals surface area contributed by atoms with Gasteiger partial charge in [0.25, 0.3) is 0 Å². The van der Waals surface area contributed by atoms with Crippen molar-refractivity contribution in [1.82, 2.24) is 9.78 Å². The quantitative estimate of drug-likeness (QED) is 0.939. The van der Waals surface area contributed by atoms with Crippen LogP contribution in [0.1, 0.15) is 26.0 Å². The average molecular weight is 287 g/mol. The maximum absolute atomic E-state index is 6.23. The third kappa shape index (κ3) is 2.44. The molecule has 0 amide bonds. The molecule has 0 saturated heterocycles. The Balaban J connectivity index is 2.04. The van der Waals surface area contributed by atoms with E-state index in [1.54, 1.807) is 4.68 Å². The molecule has 1 atom stereocenters. The van der Waals surface area contributed by atoms with Crippen LogP contribution in [-0.2, 0) is 13.5 Å². The van der Waals surface area contributed by atoms with E-state index in [0.29, 0.717) is 11.7 Å². The summed E-state index contributed by atoms with van der Waals surface area (Å²) in [6, 6.07) is 5.92. The van der Waals surface area contributed by atoms with E-state index in [9.17, 15) is 0 Å². The van der Waals surface area contributed by atoms with E-state index in [1.165, 1.54) is 0 Å². The van der Waals surface area contributed by atoms with Gasteiger partial charge in [0.05, 0.1) is 5.69 Å². The number of ether oxygens (including phenoxy) is 2. The van der Waals surface area contributed by atoms with Crippen molar-refractivity contribution >= 4 is 5.82 Å². The minimum atomic E-state index is 0.279. The lowest BCUT2D eigenvalue weighted by atomic mass is 9.97. The van der Waals surface area contributed by atoms with E-state index in [0.717, 1.165) is 41.2 Å². The number of anilines is 1. The molecule has 2 aromatic rings. The van der Waals surface area contributed by atoms with Gasteiger partial charge < -0.3 is 15.2 Å². The summed E-state index contributed by atoms with van der Waals surface area (Å²) in [6.07, 6.45) is 2.04. The van der Waals surface area contributed by atoms with Gasteiger partial charge in [0.15, 0.2) is 11.5 Å². The molecule has 2 heterocycles. The van der Waals surface area contributed by atoms with Gasteiger partial charge in [-0.05, 0) is 30.0 Å². The Bertz CT molecular complexity index is 664. The highest BCUT2D eigenvalue weighted by atomic mass is 16.7. The molecule has 0 spiro atoms. The molecule has 0 bridgehead atoms. The van der Waals surface area contributed by atoms with E-state index in [4.69, 9.17) is 15.2 Å². The summed E-state index contributed by atoms with van der Waals surface area (Å²) in [5, 5.41) is 4.59. The van der Waals surface area contributed by atoms with Gasteiger partial charge in [-0.15, -0.1) is 0 Å². The number of rotatable bonds is 4. The minimum absolute atomic E-state index is 0.279. The third-order valence-corrected chi connectivity index (χ3v) is 4.06. The van der Waals surface area contributed by atoms with Gasteiger partial charge >= 0.3 is 0 Å². The molecular formula is C16H21N3O2. The van der Waals surface area contributed by atoms with Crippen LogP contribution < -0.4 is 15.2 Å². The van der Waals surface area contributed by atoms with E-state index < -0.39 is 0 Å². The van der Waals surface area contributed by atoms with Gasteiger partial charge in [-0.2, -0.15) is 5.10 Å². The molecule has 0 saturated carbocycles. The topological polar surface area (TPSA) is 62.3 Å². The van der Waals surface area contributed by atoms with Crippen molar-refractivity contribution in [3.05, 3.63) is 23.9 Å². The van der Waals surface area contributed by atoms with Crippen LogP contribution in [0.15, 0.2) is 18.2 Å². The number of nitrogens with zero attached hydrogens (tertiary/aromatic N) is 2. The number of fused-ring (bicyclic) bond motifs is 1. The zero-order chi connectivity index (χ0) is 15.0. The summed E-state index contributed by atoms with van der Waals surface area (Å²) in [7, 11) is 1.88. The predicted molar refractivity (Wildman–Crippen MR) is 82.3 cm³/mol. The van der Waals surface area contributed by atoms with Gasteiger partial charge in [0, 0.05) is 12.6 Å². The normalized spacial score (nSPS) is 14.4. The maximum Gasteiger partial charge on any atom is 0.231 e. The number of nitrogens with two attached hydrogens (primary N) is 1. The monoisotopic (exact) mass is 287 g/mol. The second-order valence-electron chi connectivity index (χ2n) is 5.62. The van der Waals surface area contributed by atoms with Crippen molar-refractivity contribution in [2.45, 2.75) is 26.7 Å². The molecule has 1 aromatic carbocycles. The molecule has 5 heteroatoms. The standard InChI is InChI=1S/C16H21N3O2/c1-4-10(2)7-12-15(16(17)19(3)18-12)11-5-6-13-14(8-11)21-9-20-13/h5-6,8,10H,4,7,9,17H2,1-3H3. The molecule has 21 heavy (non-hydrogen) atoms. The molecule has 1 unspecified atom stereocenters. The second-order valence-corrected chi connectivity index (χ2v) is 5.62. The van der Waals surface area contributed by atoms with Crippen LogP contribution in [0.3, 0.4) is 0 Å². The van der Waals surface area contributed by atoms with Crippen molar-refractivity contribution in [1.29, 1.82) is 0 Å². The highest BCUT2D eigenvalue weighted by molar-refractivity contribution is 5.78. The molecule has 0 fully saturated rings. The highest BCUT2D eigenvalue weighted by Crippen LogP contribution is 2.39. The summed E-state index contributed by atoms with van der Waals surface area (Å²) >= 11 is 0. The fraction of sp³-hybridized carbons (Fsp3) is 0.438. The summed E-state index contributed by atoms with van der Waals surface area (Å²) in [6.45, 7) is 4.70. The van der Waals surface area contributed by atoms with Crippen molar-refractivity contribution < 1.29 is 9.47 Å². The van der Waals surface area contributed by atoms with Crippen LogP contribution >= 0.6 is 0 Å². The Morgan fingerprint density at radius 3 is 2.86 bits per heavy atom. The van der Waals surface area contributed by atoms with Crippen LogP contribution in [-0.4, -0.2) is 16.6 Å². The molecular weight excluding hydrogens is 266 g/mol. The summed E-state index contributed by atoms with van der Waals surface area (Å²) in [4.78, 5) is 0. The van der Waals surface area contributed by atoms with E-state index in [2.05, 4.69) is 18.9 Å². The molecule has 1 aliphatic heterocycles. The van der Waals surface area contributed by atoms with E-state index in [-0.39, 0.29) is 6.79 Å². The number of aromatic nitrogens is 2. The highest BCUT2D eigenvalue weighted by Gasteiger charge is 2.20. The molecule has 1 aromatic heterocycles. The molecule has 3 rings (SSSR count). The van der Waals surface area contributed by atoms with Crippen LogP contribution in [0.25, 0.3) is 11.1 Å². The average Bonchev–Trinajstić information content (AvgIpc) is 3.03. The zero-order valence-corrected chi connectivity index (χ0v) is 12.7.